The number of nitrogens with zero attached hydrogens (tertiary/aromatic N) is 2. The van der Waals surface area contributed by atoms with Crippen molar-refractivity contribution in [2.24, 2.45) is 0 Å². The number of Topliss-reactive ketones (excluding diaryl/α,β-unsaturated/α-hetero) is 1. The number of carbonyl (C=O) groups is 4. The van der Waals surface area contributed by atoms with Crippen LogP contribution in [0.5, 0.6) is 11.5 Å². The lowest BCUT2D eigenvalue weighted by molar-refractivity contribution is -0.139. The Morgan fingerprint density at radius 1 is 1.12 bits per heavy atom. The maximum absolute atomic E-state index is 13.7. The molecule has 12 heteroatoms. The molecule has 2 amide bonds. The standard InChI is InChI=1S/C30H38N4O7.BrH/c1-8-40-25-11-19-14-34(28(31)21(19)12-22(25)29(39)32-6)15-24(36)18-9-20(13-33(7)17(2)35)27(41-16-26(37)38)23(10-18)30(3,4)5;/h9-12,31H,8,13-16H2,1-7H3,(H,32,39)(H,37,38);1H. The summed E-state index contributed by atoms with van der Waals surface area (Å²) in [6, 6.07) is 6.68. The van der Waals surface area contributed by atoms with Gasteiger partial charge in [0.05, 0.1) is 18.7 Å². The van der Waals surface area contributed by atoms with Gasteiger partial charge in [0.2, 0.25) is 5.91 Å². The van der Waals surface area contributed by atoms with E-state index in [-0.39, 0.29) is 53.5 Å². The number of nitrogens with one attached hydrogen (secondary N) is 2. The highest BCUT2D eigenvalue weighted by Crippen LogP contribution is 2.37. The van der Waals surface area contributed by atoms with Gasteiger partial charge in [-0.25, -0.2) is 4.79 Å². The molecule has 2 aromatic rings. The predicted molar refractivity (Wildman–Crippen MR) is 163 cm³/mol. The molecular weight excluding hydrogens is 608 g/mol. The van der Waals surface area contributed by atoms with E-state index < -0.39 is 18.0 Å². The quantitative estimate of drug-likeness (QED) is 0.312. The van der Waals surface area contributed by atoms with Gasteiger partial charge in [0.15, 0.2) is 12.4 Å². The second kappa shape index (κ2) is 13.8. The van der Waals surface area contributed by atoms with Gasteiger partial charge >= 0.3 is 5.97 Å². The lowest BCUT2D eigenvalue weighted by atomic mass is 9.83. The molecule has 1 aliphatic heterocycles. The minimum absolute atomic E-state index is 0. The van der Waals surface area contributed by atoms with Crippen LogP contribution in [0.25, 0.3) is 0 Å². The number of rotatable bonds is 11. The highest BCUT2D eigenvalue weighted by Gasteiger charge is 2.31. The molecule has 1 aliphatic rings. The van der Waals surface area contributed by atoms with Crippen LogP contribution in [-0.4, -0.2) is 78.2 Å². The molecule has 1 heterocycles. The molecule has 228 valence electrons. The first-order chi connectivity index (χ1) is 19.2. The van der Waals surface area contributed by atoms with Crippen molar-refractivity contribution in [2.45, 2.75) is 53.1 Å². The number of ether oxygens (including phenoxy) is 2. The summed E-state index contributed by atoms with van der Waals surface area (Å²) >= 11 is 0. The minimum atomic E-state index is -1.14. The molecule has 2 aromatic carbocycles. The number of ketones is 1. The third-order valence-corrected chi connectivity index (χ3v) is 6.82. The highest BCUT2D eigenvalue weighted by molar-refractivity contribution is 8.93. The Bertz CT molecular complexity index is 1400. The van der Waals surface area contributed by atoms with E-state index in [4.69, 9.17) is 14.9 Å². The number of halogens is 1. The maximum Gasteiger partial charge on any atom is 0.341 e. The van der Waals surface area contributed by atoms with Crippen molar-refractivity contribution in [3.63, 3.8) is 0 Å². The zero-order chi connectivity index (χ0) is 30.6. The van der Waals surface area contributed by atoms with E-state index in [1.165, 1.54) is 18.9 Å². The van der Waals surface area contributed by atoms with Gasteiger partial charge in [-0.05, 0) is 42.2 Å². The van der Waals surface area contributed by atoms with Crippen molar-refractivity contribution in [1.82, 2.24) is 15.1 Å². The van der Waals surface area contributed by atoms with Gasteiger partial charge in [-0.2, -0.15) is 0 Å². The number of amides is 2. The summed E-state index contributed by atoms with van der Waals surface area (Å²) in [6.45, 7) is 9.11. The first-order valence-corrected chi connectivity index (χ1v) is 13.3. The Hall–Kier alpha value is -3.93. The summed E-state index contributed by atoms with van der Waals surface area (Å²) in [5.74, 6) is -1.07. The van der Waals surface area contributed by atoms with Crippen LogP contribution in [0.15, 0.2) is 24.3 Å². The van der Waals surface area contributed by atoms with E-state index in [0.29, 0.717) is 52.5 Å². The predicted octanol–water partition coefficient (Wildman–Crippen LogP) is 3.79. The van der Waals surface area contributed by atoms with Crippen LogP contribution >= 0.6 is 17.0 Å². The van der Waals surface area contributed by atoms with Crippen LogP contribution in [0.4, 0.5) is 0 Å². The van der Waals surface area contributed by atoms with Crippen molar-refractivity contribution in [3.8, 4) is 11.5 Å². The summed E-state index contributed by atoms with van der Waals surface area (Å²) in [5.41, 5.74) is 2.62. The molecule has 0 atom stereocenters. The van der Waals surface area contributed by atoms with Gasteiger partial charge in [-0.1, -0.05) is 20.8 Å². The molecule has 11 nitrogen and oxygen atoms in total. The molecule has 3 rings (SSSR count). The van der Waals surface area contributed by atoms with Crippen LogP contribution in [0.3, 0.4) is 0 Å². The molecule has 3 N–H and O–H groups in total. The van der Waals surface area contributed by atoms with Gasteiger partial charge in [0.25, 0.3) is 5.91 Å². The van der Waals surface area contributed by atoms with E-state index in [0.717, 1.165) is 5.56 Å². The first kappa shape index (κ1) is 34.3. The molecule has 0 fully saturated rings. The Labute approximate surface area is 256 Å². The summed E-state index contributed by atoms with van der Waals surface area (Å²) in [5, 5.41) is 20.6. The van der Waals surface area contributed by atoms with Crippen LogP contribution in [0, 0.1) is 5.41 Å². The third-order valence-electron chi connectivity index (χ3n) is 6.82. The molecular formula is C30H39BrN4O7. The molecule has 0 spiro atoms. The second-order valence-electron chi connectivity index (χ2n) is 11.0. The maximum atomic E-state index is 13.7. The van der Waals surface area contributed by atoms with Gasteiger partial charge in [-0.15, -0.1) is 17.0 Å². The van der Waals surface area contributed by atoms with Crippen molar-refractivity contribution in [3.05, 3.63) is 57.6 Å². The third kappa shape index (κ3) is 7.67. The summed E-state index contributed by atoms with van der Waals surface area (Å²) in [4.78, 5) is 52.5. The number of carbonyl (C=O) groups excluding carboxylic acids is 3. The van der Waals surface area contributed by atoms with Gasteiger partial charge in [-0.3, -0.25) is 19.8 Å². The fourth-order valence-corrected chi connectivity index (χ4v) is 4.61. The molecule has 0 radical (unpaired) electrons. The van der Waals surface area contributed by atoms with Crippen molar-refractivity contribution >= 4 is 46.4 Å². The van der Waals surface area contributed by atoms with Crippen molar-refractivity contribution < 1.29 is 33.8 Å². The Morgan fingerprint density at radius 2 is 1.79 bits per heavy atom. The highest BCUT2D eigenvalue weighted by atomic mass is 79.9. The van der Waals surface area contributed by atoms with Crippen LogP contribution in [-0.2, 0) is 28.1 Å². The molecule has 0 saturated heterocycles. The number of benzene rings is 2. The number of fused-ring (bicyclic) bond motifs is 1. The molecule has 0 bridgehead atoms. The number of carboxylic acid groups (broad SMARTS) is 1. The van der Waals surface area contributed by atoms with Gasteiger partial charge in [0.1, 0.15) is 17.3 Å². The second-order valence-corrected chi connectivity index (χ2v) is 11.0. The summed E-state index contributed by atoms with van der Waals surface area (Å²) in [6.07, 6.45) is 0. The largest absolute Gasteiger partial charge is 0.493 e. The number of hydrogen-bond acceptors (Lipinski definition) is 7. The van der Waals surface area contributed by atoms with Gasteiger partial charge in [0, 0.05) is 56.4 Å². The molecule has 0 saturated carbocycles. The zero-order valence-corrected chi connectivity index (χ0v) is 26.8. The van der Waals surface area contributed by atoms with Crippen molar-refractivity contribution in [1.29, 1.82) is 5.41 Å². The normalized spacial score (nSPS) is 12.3. The first-order valence-electron chi connectivity index (χ1n) is 13.3. The summed E-state index contributed by atoms with van der Waals surface area (Å²) < 4.78 is 11.4. The van der Waals surface area contributed by atoms with E-state index in [2.05, 4.69) is 5.32 Å². The zero-order valence-electron chi connectivity index (χ0n) is 25.0. The lowest BCUT2D eigenvalue weighted by Crippen LogP contribution is -2.31. The fourth-order valence-electron chi connectivity index (χ4n) is 4.61. The Kier molecular flexibility index (Phi) is 11.3. The molecule has 0 aliphatic carbocycles. The molecule has 42 heavy (non-hydrogen) atoms. The summed E-state index contributed by atoms with van der Waals surface area (Å²) in [7, 11) is 3.13. The lowest BCUT2D eigenvalue weighted by Gasteiger charge is -2.27. The van der Waals surface area contributed by atoms with Crippen LogP contribution in [0.1, 0.15) is 77.6 Å². The van der Waals surface area contributed by atoms with E-state index in [9.17, 15) is 24.3 Å². The smallest absolute Gasteiger partial charge is 0.341 e. The topological polar surface area (TPSA) is 149 Å². The van der Waals surface area contributed by atoms with E-state index in [1.54, 1.807) is 36.2 Å². The molecule has 0 aromatic heterocycles. The number of aliphatic carboxylic acids is 1. The Morgan fingerprint density at radius 3 is 2.33 bits per heavy atom. The van der Waals surface area contributed by atoms with Crippen LogP contribution < -0.4 is 14.8 Å². The minimum Gasteiger partial charge on any atom is -0.493 e. The monoisotopic (exact) mass is 646 g/mol. The Balaban J connectivity index is 0.00000616. The van der Waals surface area contributed by atoms with Gasteiger partial charge < -0.3 is 29.7 Å². The van der Waals surface area contributed by atoms with Crippen LogP contribution in [0.2, 0.25) is 0 Å². The number of carboxylic acids is 1. The van der Waals surface area contributed by atoms with Crippen molar-refractivity contribution in [2.75, 3.05) is 33.9 Å². The average molecular weight is 648 g/mol. The number of hydrogen-bond donors (Lipinski definition) is 3. The van der Waals surface area contributed by atoms with E-state index >= 15 is 0 Å². The average Bonchev–Trinajstić information content (AvgIpc) is 3.19. The SMILES string of the molecule is Br.CCOc1cc2c(cc1C(=O)NC)C(=N)N(CC(=O)c1cc(CN(C)C(C)=O)c(OCC(=O)O)c(C(C)(C)C)c1)C2. The van der Waals surface area contributed by atoms with E-state index in [1.807, 2.05) is 27.7 Å². The molecule has 0 unspecified atom stereocenters. The number of amidine groups is 1. The fraction of sp³-hybridized carbons (Fsp3) is 0.433.